The van der Waals surface area contributed by atoms with Gasteiger partial charge in [0.05, 0.1) is 16.3 Å². The molecule has 0 amide bonds. The lowest BCUT2D eigenvalue weighted by Crippen LogP contribution is -2.32. The lowest BCUT2D eigenvalue weighted by Gasteiger charge is -2.25. The van der Waals surface area contributed by atoms with Crippen LogP contribution in [0, 0.1) is 0 Å². The van der Waals surface area contributed by atoms with E-state index < -0.39 is 10.0 Å². The summed E-state index contributed by atoms with van der Waals surface area (Å²) in [7, 11) is -3.69. The van der Waals surface area contributed by atoms with Crippen molar-refractivity contribution in [3.8, 4) is 0 Å². The van der Waals surface area contributed by atoms with Crippen LogP contribution in [0.3, 0.4) is 0 Å². The topological polar surface area (TPSA) is 63.4 Å². The summed E-state index contributed by atoms with van der Waals surface area (Å²) in [5.41, 5.74) is 6.84. The van der Waals surface area contributed by atoms with Crippen molar-refractivity contribution in [2.24, 2.45) is 0 Å². The van der Waals surface area contributed by atoms with Crippen molar-refractivity contribution < 1.29 is 8.42 Å². The fourth-order valence-corrected chi connectivity index (χ4v) is 3.93. The first-order valence-corrected chi connectivity index (χ1v) is 8.41. The molecule has 0 spiro atoms. The Balaban J connectivity index is 2.54. The first-order valence-electron chi connectivity index (χ1n) is 6.59. The van der Waals surface area contributed by atoms with E-state index in [0.29, 0.717) is 29.4 Å². The van der Waals surface area contributed by atoms with Crippen LogP contribution in [0.2, 0.25) is 5.02 Å². The van der Waals surface area contributed by atoms with Crippen LogP contribution in [0.4, 0.5) is 11.4 Å². The second-order valence-corrected chi connectivity index (χ2v) is 6.89. The molecule has 0 aromatic heterocycles. The third-order valence-corrected chi connectivity index (χ3v) is 5.06. The average Bonchev–Trinajstić information content (AvgIpc) is 2.45. The highest BCUT2D eigenvalue weighted by atomic mass is 35.5. The summed E-state index contributed by atoms with van der Waals surface area (Å²) < 4.78 is 27.0. The standard InChI is InChI=1S/C15H17ClN2O2S/c1-2-10-18(15-9-4-3-8-14(15)17)21(19,20)13-7-5-6-12(16)11-13/h3-9,11H,2,10,17H2,1H3. The molecule has 0 atom stereocenters. The molecule has 2 aromatic rings. The second-order valence-electron chi connectivity index (χ2n) is 4.59. The molecule has 2 aromatic carbocycles. The van der Waals surface area contributed by atoms with Gasteiger partial charge in [-0.1, -0.05) is 36.7 Å². The van der Waals surface area contributed by atoms with Gasteiger partial charge < -0.3 is 5.73 Å². The van der Waals surface area contributed by atoms with E-state index in [2.05, 4.69) is 0 Å². The molecule has 6 heteroatoms. The first-order chi connectivity index (χ1) is 9.96. The highest BCUT2D eigenvalue weighted by Gasteiger charge is 2.25. The maximum Gasteiger partial charge on any atom is 0.264 e. The number of halogens is 1. The minimum atomic E-state index is -3.69. The van der Waals surface area contributed by atoms with Gasteiger partial charge >= 0.3 is 0 Å². The minimum absolute atomic E-state index is 0.159. The van der Waals surface area contributed by atoms with Crippen molar-refractivity contribution in [2.45, 2.75) is 18.2 Å². The highest BCUT2D eigenvalue weighted by molar-refractivity contribution is 7.92. The van der Waals surface area contributed by atoms with Crippen molar-refractivity contribution in [2.75, 3.05) is 16.6 Å². The molecule has 0 fully saturated rings. The molecule has 0 aliphatic rings. The van der Waals surface area contributed by atoms with Crippen molar-refractivity contribution in [3.05, 3.63) is 53.6 Å². The van der Waals surface area contributed by atoms with E-state index in [1.165, 1.54) is 16.4 Å². The molecule has 2 rings (SSSR count). The van der Waals surface area contributed by atoms with Crippen molar-refractivity contribution >= 4 is 33.0 Å². The largest absolute Gasteiger partial charge is 0.397 e. The quantitative estimate of drug-likeness (QED) is 0.856. The number of nitrogens with two attached hydrogens (primary N) is 1. The van der Waals surface area contributed by atoms with Gasteiger partial charge in [0.2, 0.25) is 0 Å². The van der Waals surface area contributed by atoms with E-state index in [0.717, 1.165) is 0 Å². The Morgan fingerprint density at radius 1 is 1.14 bits per heavy atom. The molecule has 4 nitrogen and oxygen atoms in total. The molecule has 0 aliphatic heterocycles. The maximum atomic E-state index is 12.8. The molecule has 2 N–H and O–H groups in total. The van der Waals surface area contributed by atoms with E-state index >= 15 is 0 Å². The van der Waals surface area contributed by atoms with Crippen LogP contribution in [0.25, 0.3) is 0 Å². The maximum absolute atomic E-state index is 12.8. The first kappa shape index (κ1) is 15.7. The zero-order valence-electron chi connectivity index (χ0n) is 11.7. The normalized spacial score (nSPS) is 11.3. The molecule has 0 radical (unpaired) electrons. The zero-order chi connectivity index (χ0) is 15.5. The fourth-order valence-electron chi connectivity index (χ4n) is 2.04. The number of para-hydroxylation sites is 2. The smallest absolute Gasteiger partial charge is 0.264 e. The van der Waals surface area contributed by atoms with Crippen LogP contribution in [0.5, 0.6) is 0 Å². The molecule has 0 unspecified atom stereocenters. The molecular formula is C15H17ClN2O2S. The summed E-state index contributed by atoms with van der Waals surface area (Å²) >= 11 is 5.90. The molecule has 0 aliphatic carbocycles. The number of nitrogen functional groups attached to an aromatic ring is 1. The Bertz CT molecular complexity index is 732. The van der Waals surface area contributed by atoms with Crippen LogP contribution in [-0.2, 0) is 10.0 Å². The molecule has 0 heterocycles. The average molecular weight is 325 g/mol. The van der Waals surface area contributed by atoms with Gasteiger partial charge in [0.25, 0.3) is 10.0 Å². The Kier molecular flexibility index (Phi) is 4.75. The molecule has 112 valence electrons. The Morgan fingerprint density at radius 2 is 1.86 bits per heavy atom. The van der Waals surface area contributed by atoms with Gasteiger partial charge in [-0.25, -0.2) is 8.42 Å². The third kappa shape index (κ3) is 3.31. The van der Waals surface area contributed by atoms with Crippen LogP contribution < -0.4 is 10.0 Å². The van der Waals surface area contributed by atoms with Gasteiger partial charge in [0.15, 0.2) is 0 Å². The Hall–Kier alpha value is -1.72. The van der Waals surface area contributed by atoms with Gasteiger partial charge in [0.1, 0.15) is 0 Å². The van der Waals surface area contributed by atoms with E-state index in [-0.39, 0.29) is 4.90 Å². The summed E-state index contributed by atoms with van der Waals surface area (Å²) in [6, 6.07) is 13.2. The number of hydrogen-bond acceptors (Lipinski definition) is 3. The van der Waals surface area contributed by atoms with Crippen LogP contribution in [0.15, 0.2) is 53.4 Å². The summed E-state index contributed by atoms with van der Waals surface area (Å²) in [4.78, 5) is 0.159. The predicted molar refractivity (Wildman–Crippen MR) is 87.1 cm³/mol. The summed E-state index contributed by atoms with van der Waals surface area (Å²) in [6.07, 6.45) is 0.675. The van der Waals surface area contributed by atoms with E-state index in [1.807, 2.05) is 6.92 Å². The number of rotatable bonds is 5. The molecule has 21 heavy (non-hydrogen) atoms. The number of nitrogens with zero attached hydrogens (tertiary/aromatic N) is 1. The number of hydrogen-bond donors (Lipinski definition) is 1. The van der Waals surface area contributed by atoms with Gasteiger partial charge in [0, 0.05) is 11.6 Å². The number of benzene rings is 2. The van der Waals surface area contributed by atoms with Crippen molar-refractivity contribution in [3.63, 3.8) is 0 Å². The third-order valence-electron chi connectivity index (χ3n) is 3.02. The monoisotopic (exact) mass is 324 g/mol. The van der Waals surface area contributed by atoms with Crippen molar-refractivity contribution in [1.82, 2.24) is 0 Å². The molecule has 0 bridgehead atoms. The van der Waals surface area contributed by atoms with Gasteiger partial charge in [-0.2, -0.15) is 0 Å². The number of sulfonamides is 1. The lowest BCUT2D eigenvalue weighted by molar-refractivity contribution is 0.590. The zero-order valence-corrected chi connectivity index (χ0v) is 13.2. The number of anilines is 2. The van der Waals surface area contributed by atoms with Gasteiger partial charge in [-0.15, -0.1) is 0 Å². The fraction of sp³-hybridized carbons (Fsp3) is 0.200. The molecule has 0 saturated heterocycles. The van der Waals surface area contributed by atoms with Crippen molar-refractivity contribution in [1.29, 1.82) is 0 Å². The summed E-state index contributed by atoms with van der Waals surface area (Å²) in [5.74, 6) is 0. The molecular weight excluding hydrogens is 308 g/mol. The Labute approximate surface area is 130 Å². The lowest BCUT2D eigenvalue weighted by atomic mass is 10.2. The Morgan fingerprint density at radius 3 is 2.48 bits per heavy atom. The summed E-state index contributed by atoms with van der Waals surface area (Å²) in [5, 5.41) is 0.383. The minimum Gasteiger partial charge on any atom is -0.397 e. The predicted octanol–water partition coefficient (Wildman–Crippen LogP) is 3.53. The van der Waals surface area contributed by atoms with E-state index in [1.54, 1.807) is 36.4 Å². The van der Waals surface area contributed by atoms with Crippen LogP contribution in [0.1, 0.15) is 13.3 Å². The SMILES string of the molecule is CCCN(c1ccccc1N)S(=O)(=O)c1cccc(Cl)c1. The van der Waals surface area contributed by atoms with Crippen LogP contribution in [-0.4, -0.2) is 15.0 Å². The van der Waals surface area contributed by atoms with Gasteiger partial charge in [-0.3, -0.25) is 4.31 Å². The van der Waals surface area contributed by atoms with Gasteiger partial charge in [-0.05, 0) is 36.8 Å². The summed E-state index contributed by atoms with van der Waals surface area (Å²) in [6.45, 7) is 2.27. The highest BCUT2D eigenvalue weighted by Crippen LogP contribution is 2.29. The van der Waals surface area contributed by atoms with E-state index in [9.17, 15) is 8.42 Å². The molecule has 0 saturated carbocycles. The van der Waals surface area contributed by atoms with Crippen LogP contribution >= 0.6 is 11.6 Å². The second kappa shape index (κ2) is 6.37. The van der Waals surface area contributed by atoms with E-state index in [4.69, 9.17) is 17.3 Å².